The second-order valence-electron chi connectivity index (χ2n) is 8.86. The zero-order chi connectivity index (χ0) is 27.0. The van der Waals surface area contributed by atoms with Gasteiger partial charge in [-0.2, -0.15) is 13.2 Å². The Morgan fingerprint density at radius 3 is 2.27 bits per heavy atom. The first-order chi connectivity index (χ1) is 17.5. The summed E-state index contributed by atoms with van der Waals surface area (Å²) in [4.78, 5) is 12.7. The molecule has 0 unspecified atom stereocenters. The van der Waals surface area contributed by atoms with Crippen LogP contribution >= 0.6 is 0 Å². The number of halogens is 5. The van der Waals surface area contributed by atoms with Gasteiger partial charge in [-0.3, -0.25) is 4.79 Å². The van der Waals surface area contributed by atoms with E-state index in [1.165, 1.54) is 18.2 Å². The highest BCUT2D eigenvalue weighted by Crippen LogP contribution is 2.32. The summed E-state index contributed by atoms with van der Waals surface area (Å²) in [5, 5.41) is 16.5. The summed E-state index contributed by atoms with van der Waals surface area (Å²) in [6.45, 7) is 2.49. The van der Waals surface area contributed by atoms with Crippen molar-refractivity contribution in [2.24, 2.45) is 0 Å². The van der Waals surface area contributed by atoms with Gasteiger partial charge in [0.2, 0.25) is 5.91 Å². The monoisotopic (exact) mass is 520 g/mol. The Kier molecular flexibility index (Phi) is 9.77. The van der Waals surface area contributed by atoms with Crippen LogP contribution in [0.1, 0.15) is 34.7 Å². The second-order valence-corrected chi connectivity index (χ2v) is 8.86. The fraction of sp³-hybridized carbons (Fsp3) is 0.321. The molecule has 0 fully saturated rings. The van der Waals surface area contributed by atoms with Crippen molar-refractivity contribution in [1.82, 2.24) is 10.6 Å². The van der Waals surface area contributed by atoms with Crippen LogP contribution in [0, 0.1) is 11.6 Å². The quantitative estimate of drug-likeness (QED) is 0.313. The number of hydrogen-bond acceptors (Lipinski definition) is 3. The van der Waals surface area contributed by atoms with E-state index in [2.05, 4.69) is 10.6 Å². The highest BCUT2D eigenvalue weighted by molar-refractivity contribution is 5.79. The minimum atomic E-state index is -4.63. The molecular weight excluding hydrogens is 491 g/mol. The standard InChI is InChI=1S/C28H29F5N2O2/c1-2-18-6-5-7-19(10-18)16-34-17-26(36)25(13-20-11-22(29)15-23(30)12-20)35-27(37)14-21-8-3-4-9-24(21)28(31,32)33/h3-12,15,25-26,34,36H,2,13-14,16-17H2,1H3,(H,35,37)/t25-,26-/m0/s1. The van der Waals surface area contributed by atoms with E-state index in [1.807, 2.05) is 31.2 Å². The smallest absolute Gasteiger partial charge is 0.390 e. The first-order valence-electron chi connectivity index (χ1n) is 11.9. The number of nitrogens with one attached hydrogen (secondary N) is 2. The van der Waals surface area contributed by atoms with Crippen LogP contribution in [0.2, 0.25) is 0 Å². The predicted molar refractivity (Wildman–Crippen MR) is 131 cm³/mol. The second kappa shape index (κ2) is 12.8. The zero-order valence-electron chi connectivity index (χ0n) is 20.3. The minimum absolute atomic E-state index is 0.0260. The molecule has 0 aliphatic carbocycles. The van der Waals surface area contributed by atoms with Gasteiger partial charge in [-0.1, -0.05) is 49.4 Å². The fourth-order valence-electron chi connectivity index (χ4n) is 4.11. The Morgan fingerprint density at radius 1 is 0.919 bits per heavy atom. The summed E-state index contributed by atoms with van der Waals surface area (Å²) in [5.74, 6) is -2.39. The number of rotatable bonds is 11. The normalized spacial score (nSPS) is 13.3. The van der Waals surface area contributed by atoms with Crippen LogP contribution in [0.4, 0.5) is 22.0 Å². The molecule has 3 aromatic rings. The molecule has 0 aliphatic heterocycles. The van der Waals surface area contributed by atoms with Gasteiger partial charge in [0.05, 0.1) is 24.1 Å². The zero-order valence-corrected chi connectivity index (χ0v) is 20.3. The van der Waals surface area contributed by atoms with Gasteiger partial charge in [0, 0.05) is 19.2 Å². The lowest BCUT2D eigenvalue weighted by atomic mass is 9.99. The Labute approximate surface area is 212 Å². The molecular formula is C28H29F5N2O2. The maximum atomic E-state index is 13.7. The minimum Gasteiger partial charge on any atom is -0.390 e. The van der Waals surface area contributed by atoms with E-state index in [9.17, 15) is 31.9 Å². The van der Waals surface area contributed by atoms with Crippen LogP contribution in [0.25, 0.3) is 0 Å². The number of benzene rings is 3. The van der Waals surface area contributed by atoms with Crippen LogP contribution in [0.5, 0.6) is 0 Å². The number of aryl methyl sites for hydroxylation is 1. The van der Waals surface area contributed by atoms with E-state index in [1.54, 1.807) is 0 Å². The van der Waals surface area contributed by atoms with Gasteiger partial charge in [0.1, 0.15) is 11.6 Å². The molecule has 4 nitrogen and oxygen atoms in total. The molecule has 3 aromatic carbocycles. The van der Waals surface area contributed by atoms with E-state index in [4.69, 9.17) is 0 Å². The SMILES string of the molecule is CCc1cccc(CNC[C@H](O)[C@H](Cc2cc(F)cc(F)c2)NC(=O)Cc2ccccc2C(F)(F)F)c1. The van der Waals surface area contributed by atoms with E-state index in [0.29, 0.717) is 12.6 Å². The third-order valence-electron chi connectivity index (χ3n) is 5.94. The lowest BCUT2D eigenvalue weighted by Gasteiger charge is -2.25. The summed E-state index contributed by atoms with van der Waals surface area (Å²) in [6.07, 6.45) is -5.66. The maximum absolute atomic E-state index is 13.7. The Bertz CT molecular complexity index is 1180. The van der Waals surface area contributed by atoms with Crippen molar-refractivity contribution in [3.8, 4) is 0 Å². The first kappa shape index (κ1) is 28.3. The molecule has 0 radical (unpaired) electrons. The van der Waals surface area contributed by atoms with Crippen LogP contribution in [0.15, 0.2) is 66.7 Å². The van der Waals surface area contributed by atoms with Gasteiger partial charge in [-0.05, 0) is 53.3 Å². The number of carbonyl (C=O) groups excluding carboxylic acids is 1. The summed E-state index contributed by atoms with van der Waals surface area (Å²) in [6, 6.07) is 14.4. The summed E-state index contributed by atoms with van der Waals surface area (Å²) in [5.41, 5.74) is 1.19. The Balaban J connectivity index is 1.72. The number of amides is 1. The molecule has 0 saturated heterocycles. The molecule has 2 atom stereocenters. The number of aliphatic hydroxyl groups is 1. The molecule has 1 amide bonds. The molecule has 37 heavy (non-hydrogen) atoms. The van der Waals surface area contributed by atoms with Crippen molar-refractivity contribution in [3.05, 3.63) is 106 Å². The molecule has 0 bridgehead atoms. The first-order valence-corrected chi connectivity index (χ1v) is 11.9. The number of hydrogen-bond donors (Lipinski definition) is 3. The highest BCUT2D eigenvalue weighted by atomic mass is 19.4. The topological polar surface area (TPSA) is 61.4 Å². The average Bonchev–Trinajstić information content (AvgIpc) is 2.82. The lowest BCUT2D eigenvalue weighted by molar-refractivity contribution is -0.138. The number of carbonyl (C=O) groups is 1. The van der Waals surface area contributed by atoms with Gasteiger partial charge in [-0.25, -0.2) is 8.78 Å². The van der Waals surface area contributed by atoms with E-state index in [-0.39, 0.29) is 24.1 Å². The van der Waals surface area contributed by atoms with Crippen LogP contribution in [0.3, 0.4) is 0 Å². The van der Waals surface area contributed by atoms with Gasteiger partial charge in [0.25, 0.3) is 0 Å². The molecule has 3 N–H and O–H groups in total. The molecule has 0 saturated carbocycles. The lowest BCUT2D eigenvalue weighted by Crippen LogP contribution is -2.49. The summed E-state index contributed by atoms with van der Waals surface area (Å²) in [7, 11) is 0. The van der Waals surface area contributed by atoms with Crippen molar-refractivity contribution in [2.45, 2.75) is 51.1 Å². The van der Waals surface area contributed by atoms with E-state index in [0.717, 1.165) is 35.7 Å². The molecule has 0 spiro atoms. The Morgan fingerprint density at radius 2 is 1.59 bits per heavy atom. The summed E-state index contributed by atoms with van der Waals surface area (Å²) >= 11 is 0. The van der Waals surface area contributed by atoms with Crippen molar-refractivity contribution in [3.63, 3.8) is 0 Å². The molecule has 198 valence electrons. The van der Waals surface area contributed by atoms with Crippen molar-refractivity contribution >= 4 is 5.91 Å². The third kappa shape index (κ3) is 8.65. The van der Waals surface area contributed by atoms with Crippen molar-refractivity contribution < 1.29 is 31.9 Å². The van der Waals surface area contributed by atoms with E-state index >= 15 is 0 Å². The molecule has 3 rings (SSSR count). The fourth-order valence-corrected chi connectivity index (χ4v) is 4.11. The van der Waals surface area contributed by atoms with Crippen molar-refractivity contribution in [2.75, 3.05) is 6.54 Å². The van der Waals surface area contributed by atoms with Gasteiger partial charge in [0.15, 0.2) is 0 Å². The van der Waals surface area contributed by atoms with Crippen LogP contribution in [-0.4, -0.2) is 29.7 Å². The van der Waals surface area contributed by atoms with Crippen LogP contribution in [-0.2, 0) is 36.8 Å². The average molecular weight is 521 g/mol. The van der Waals surface area contributed by atoms with Crippen molar-refractivity contribution in [1.29, 1.82) is 0 Å². The molecule has 9 heteroatoms. The highest BCUT2D eigenvalue weighted by Gasteiger charge is 2.33. The molecule has 0 aromatic heterocycles. The van der Waals surface area contributed by atoms with Gasteiger partial charge >= 0.3 is 6.18 Å². The predicted octanol–water partition coefficient (Wildman–Crippen LogP) is 4.97. The van der Waals surface area contributed by atoms with Crippen LogP contribution < -0.4 is 10.6 Å². The van der Waals surface area contributed by atoms with E-state index < -0.39 is 47.8 Å². The molecule has 0 heterocycles. The third-order valence-corrected chi connectivity index (χ3v) is 5.94. The van der Waals surface area contributed by atoms with Gasteiger partial charge < -0.3 is 15.7 Å². The maximum Gasteiger partial charge on any atom is 0.416 e. The molecule has 0 aliphatic rings. The number of alkyl halides is 3. The number of aliphatic hydroxyl groups excluding tert-OH is 1. The Hall–Kier alpha value is -3.30. The summed E-state index contributed by atoms with van der Waals surface area (Å²) < 4.78 is 67.4. The van der Waals surface area contributed by atoms with Gasteiger partial charge in [-0.15, -0.1) is 0 Å². The largest absolute Gasteiger partial charge is 0.416 e.